The fourth-order valence-electron chi connectivity index (χ4n) is 9.14. The second-order valence-electron chi connectivity index (χ2n) is 19.1. The van der Waals surface area contributed by atoms with E-state index in [1.165, 1.54) is 45.0 Å². The first kappa shape index (κ1) is 59.2. The molecule has 0 aliphatic heterocycles. The highest BCUT2D eigenvalue weighted by atomic mass is 127. The lowest BCUT2D eigenvalue weighted by Crippen LogP contribution is -2.36. The highest BCUT2D eigenvalue weighted by Gasteiger charge is 2.22. The van der Waals surface area contributed by atoms with Crippen molar-refractivity contribution in [3.63, 3.8) is 0 Å². The van der Waals surface area contributed by atoms with Gasteiger partial charge in [-0.05, 0) is 275 Å². The summed E-state index contributed by atoms with van der Waals surface area (Å²) < 4.78 is 18.3. The minimum atomic E-state index is -0.404. The van der Waals surface area contributed by atoms with Gasteiger partial charge in [0.1, 0.15) is 5.82 Å². The van der Waals surface area contributed by atoms with E-state index in [0.29, 0.717) is 27.4 Å². The van der Waals surface area contributed by atoms with Gasteiger partial charge in [0.05, 0.1) is 33.8 Å². The SMILES string of the molecule is Cc1cc(I)ccc1Nc1ccc(Cl)cc1C(=O)NC1CCCCC1.Cc1cc(I)ccc1Nc1ccc(F)cc1C(=O)NC1CCCCC1.Cc1cc(I)ccc1Nc1ccc(I)cc1C(=O)N(C)c1ccccc1. The normalized spacial score (nSPS) is 13.4. The molecule has 0 radical (unpaired) electrons. The van der Waals surface area contributed by atoms with Crippen LogP contribution < -0.4 is 31.5 Å². The van der Waals surface area contributed by atoms with Gasteiger partial charge in [-0.15, -0.1) is 0 Å². The van der Waals surface area contributed by atoms with E-state index in [0.717, 1.165) is 96.5 Å². The van der Waals surface area contributed by atoms with E-state index in [4.69, 9.17) is 11.6 Å². The minimum absolute atomic E-state index is 0.0413. The summed E-state index contributed by atoms with van der Waals surface area (Å²) in [6.07, 6.45) is 11.3. The van der Waals surface area contributed by atoms with Crippen LogP contribution in [-0.2, 0) is 0 Å². The number of hydrogen-bond donors (Lipinski definition) is 5. The van der Waals surface area contributed by atoms with E-state index in [1.54, 1.807) is 24.1 Å². The molecule has 3 amide bonds. The lowest BCUT2D eigenvalue weighted by atomic mass is 9.95. The van der Waals surface area contributed by atoms with Crippen molar-refractivity contribution in [2.45, 2.75) is 97.1 Å². The van der Waals surface area contributed by atoms with Crippen molar-refractivity contribution in [1.29, 1.82) is 0 Å². The van der Waals surface area contributed by atoms with Crippen molar-refractivity contribution in [2.75, 3.05) is 27.9 Å². The van der Waals surface area contributed by atoms with Gasteiger partial charge < -0.3 is 31.5 Å². The number of carbonyl (C=O) groups is 3. The molecule has 9 rings (SSSR count). The molecule has 0 saturated heterocycles. The maximum absolute atomic E-state index is 13.7. The Balaban J connectivity index is 0.000000166. The maximum atomic E-state index is 13.7. The molecule has 0 heterocycles. The number of carbonyl (C=O) groups excluding carboxylic acids is 3. The summed E-state index contributed by atoms with van der Waals surface area (Å²) in [5.74, 6) is -0.712. The van der Waals surface area contributed by atoms with E-state index in [2.05, 4.69) is 155 Å². The second kappa shape index (κ2) is 28.9. The molecule has 396 valence electrons. The number of anilines is 7. The first-order valence-corrected chi connectivity index (χ1v) is 30.1. The molecule has 2 fully saturated rings. The first-order chi connectivity index (χ1) is 36.5. The van der Waals surface area contributed by atoms with Gasteiger partial charge in [0, 0.05) is 61.2 Å². The molecule has 7 aromatic carbocycles. The summed E-state index contributed by atoms with van der Waals surface area (Å²) in [5, 5.41) is 16.9. The van der Waals surface area contributed by atoms with Gasteiger partial charge >= 0.3 is 0 Å². The Morgan fingerprint density at radius 2 is 0.855 bits per heavy atom. The van der Waals surface area contributed by atoms with Crippen molar-refractivity contribution in [3.05, 3.63) is 198 Å². The van der Waals surface area contributed by atoms with Crippen LogP contribution in [-0.4, -0.2) is 36.9 Å². The summed E-state index contributed by atoms with van der Waals surface area (Å²) in [6, 6.07) is 44.2. The number of rotatable bonds is 12. The molecule has 76 heavy (non-hydrogen) atoms. The van der Waals surface area contributed by atoms with E-state index in [-0.39, 0.29) is 29.8 Å². The molecule has 2 saturated carbocycles. The van der Waals surface area contributed by atoms with E-state index >= 15 is 0 Å². The highest BCUT2D eigenvalue weighted by molar-refractivity contribution is 14.1. The van der Waals surface area contributed by atoms with Gasteiger partial charge in [0.25, 0.3) is 17.7 Å². The van der Waals surface area contributed by atoms with Crippen LogP contribution in [0.1, 0.15) is 112 Å². The average Bonchev–Trinajstić information content (AvgIpc) is 3.41. The second-order valence-corrected chi connectivity index (χ2v) is 24.6. The van der Waals surface area contributed by atoms with Crippen LogP contribution in [0, 0.1) is 40.9 Å². The molecule has 2 aliphatic carbocycles. The van der Waals surface area contributed by atoms with Crippen molar-refractivity contribution in [3.8, 4) is 0 Å². The van der Waals surface area contributed by atoms with Gasteiger partial charge in [0.2, 0.25) is 0 Å². The highest BCUT2D eigenvalue weighted by Crippen LogP contribution is 2.31. The standard InChI is InChI=1S/C21H18I2N2O.C20H22ClIN2O.C20H22FIN2O/c1-14-12-15(22)8-10-19(14)24-20-11-9-16(23)13-18(20)21(26)25(2)17-6-4-3-5-7-17;2*1-13-11-15(22)8-10-18(13)24-19-9-7-14(21)12-17(19)20(25)23-16-5-3-2-4-6-16/h3-13,24H,1-2H3;2*7-12,16,24H,2-6H2,1H3,(H,23,25). The van der Waals surface area contributed by atoms with E-state index < -0.39 is 5.82 Å². The summed E-state index contributed by atoms with van der Waals surface area (Å²) in [4.78, 5) is 40.3. The van der Waals surface area contributed by atoms with Crippen LogP contribution in [0.2, 0.25) is 5.02 Å². The van der Waals surface area contributed by atoms with Crippen molar-refractivity contribution >= 4 is 159 Å². The Labute approximate surface area is 506 Å². The predicted molar refractivity (Wildman–Crippen MR) is 346 cm³/mol. The Bertz CT molecular complexity index is 3020. The average molecular weight is 1490 g/mol. The summed E-state index contributed by atoms with van der Waals surface area (Å²) in [7, 11) is 1.80. The van der Waals surface area contributed by atoms with Crippen molar-refractivity contribution in [2.24, 2.45) is 0 Å². The van der Waals surface area contributed by atoms with E-state index in [9.17, 15) is 18.8 Å². The lowest BCUT2D eigenvalue weighted by Gasteiger charge is -2.23. The molecule has 0 spiro atoms. The predicted octanol–water partition coefficient (Wildman–Crippen LogP) is 17.8. The molecule has 15 heteroatoms. The number of hydrogen-bond acceptors (Lipinski definition) is 6. The molecule has 0 bridgehead atoms. The van der Waals surface area contributed by atoms with Gasteiger partial charge in [-0.1, -0.05) is 68.3 Å². The third-order valence-electron chi connectivity index (χ3n) is 13.4. The molecule has 2 aliphatic rings. The molecule has 5 N–H and O–H groups in total. The lowest BCUT2D eigenvalue weighted by molar-refractivity contribution is 0.0920. The number of aryl methyl sites for hydroxylation is 3. The number of nitrogens with one attached hydrogen (secondary N) is 5. The van der Waals surface area contributed by atoms with Crippen LogP contribution >= 0.6 is 102 Å². The van der Waals surface area contributed by atoms with Gasteiger partial charge in [-0.2, -0.15) is 0 Å². The zero-order valence-electron chi connectivity index (χ0n) is 42.9. The molecule has 0 unspecified atom stereocenters. The minimum Gasteiger partial charge on any atom is -0.355 e. The Kier molecular flexibility index (Phi) is 22.5. The zero-order valence-corrected chi connectivity index (χ0v) is 52.3. The molecular weight excluding hydrogens is 1430 g/mol. The Morgan fingerprint density at radius 3 is 1.30 bits per heavy atom. The van der Waals surface area contributed by atoms with Crippen LogP contribution in [0.3, 0.4) is 0 Å². The van der Waals surface area contributed by atoms with Gasteiger partial charge in [0.15, 0.2) is 0 Å². The van der Waals surface area contributed by atoms with Crippen LogP contribution in [0.5, 0.6) is 0 Å². The zero-order chi connectivity index (χ0) is 54.3. The van der Waals surface area contributed by atoms with Crippen LogP contribution in [0.4, 0.5) is 44.2 Å². The van der Waals surface area contributed by atoms with Gasteiger partial charge in [-0.3, -0.25) is 14.4 Å². The summed E-state index contributed by atoms with van der Waals surface area (Å²) in [6.45, 7) is 6.13. The third kappa shape index (κ3) is 17.2. The van der Waals surface area contributed by atoms with E-state index in [1.807, 2.05) is 97.9 Å². The van der Waals surface area contributed by atoms with Crippen molar-refractivity contribution in [1.82, 2.24) is 10.6 Å². The fourth-order valence-corrected chi connectivity index (χ4v) is 11.7. The molecule has 0 aromatic heterocycles. The smallest absolute Gasteiger partial charge is 0.260 e. The number of amides is 3. The number of halogens is 6. The van der Waals surface area contributed by atoms with Crippen LogP contribution in [0.15, 0.2) is 140 Å². The largest absolute Gasteiger partial charge is 0.355 e. The maximum Gasteiger partial charge on any atom is 0.260 e. The molecule has 0 atom stereocenters. The monoisotopic (exact) mass is 1490 g/mol. The number of nitrogens with zero attached hydrogens (tertiary/aromatic N) is 1. The van der Waals surface area contributed by atoms with Crippen LogP contribution in [0.25, 0.3) is 0 Å². The van der Waals surface area contributed by atoms with Crippen molar-refractivity contribution < 1.29 is 18.8 Å². The quantitative estimate of drug-likeness (QED) is 0.0779. The summed E-state index contributed by atoms with van der Waals surface area (Å²) >= 11 is 15.2. The Hall–Kier alpha value is -4.51. The van der Waals surface area contributed by atoms with Gasteiger partial charge in [-0.25, -0.2) is 4.39 Å². The molecule has 7 aromatic rings. The molecular formula is C61H62ClFI4N6O3. The number of para-hydroxylation sites is 1. The first-order valence-electron chi connectivity index (χ1n) is 25.4. The Morgan fingerprint density at radius 1 is 0.474 bits per heavy atom. The topological polar surface area (TPSA) is 115 Å². The summed E-state index contributed by atoms with van der Waals surface area (Å²) in [5.41, 5.74) is 11.0. The fraction of sp³-hybridized carbons (Fsp3) is 0.262. The number of benzene rings is 7. The molecule has 9 nitrogen and oxygen atoms in total. The third-order valence-corrected chi connectivity index (χ3v) is 16.3.